The average Bonchev–Trinajstić information content (AvgIpc) is 2.82. The first-order valence-corrected chi connectivity index (χ1v) is 12.0. The number of aryl methyl sites for hydroxylation is 1. The van der Waals surface area contributed by atoms with Crippen LogP contribution in [0.3, 0.4) is 0 Å². The third kappa shape index (κ3) is 4.01. The minimum atomic E-state index is -0.840. The van der Waals surface area contributed by atoms with E-state index in [1.165, 1.54) is 10.9 Å². The summed E-state index contributed by atoms with van der Waals surface area (Å²) in [5, 5.41) is 6.35. The van der Waals surface area contributed by atoms with E-state index in [1.54, 1.807) is 4.90 Å². The molecular weight excluding hydrogens is 448 g/mol. The van der Waals surface area contributed by atoms with Crippen molar-refractivity contribution in [3.63, 3.8) is 0 Å². The van der Waals surface area contributed by atoms with Gasteiger partial charge in [0.05, 0.1) is 22.7 Å². The lowest BCUT2D eigenvalue weighted by atomic mass is 9.86. The molecule has 2 aliphatic heterocycles. The van der Waals surface area contributed by atoms with E-state index in [2.05, 4.69) is 36.5 Å². The Hall–Kier alpha value is -3.09. The number of fused-ring (bicyclic) bond motifs is 1. The lowest BCUT2D eigenvalue weighted by Crippen LogP contribution is -2.55. The van der Waals surface area contributed by atoms with Gasteiger partial charge in [-0.15, -0.1) is 0 Å². The molecule has 3 aromatic rings. The van der Waals surface area contributed by atoms with Crippen LogP contribution >= 0.6 is 11.6 Å². The maximum atomic E-state index is 13.2. The van der Waals surface area contributed by atoms with Crippen molar-refractivity contribution in [3.8, 4) is 0 Å². The monoisotopic (exact) mass is 476 g/mol. The summed E-state index contributed by atoms with van der Waals surface area (Å²) >= 11 is 6.93. The van der Waals surface area contributed by atoms with Crippen LogP contribution in [0.25, 0.3) is 10.8 Å². The molecule has 0 bridgehead atoms. The molecule has 0 unspecified atom stereocenters. The molecule has 2 heterocycles. The van der Waals surface area contributed by atoms with E-state index < -0.39 is 5.54 Å². The van der Waals surface area contributed by atoms with Crippen molar-refractivity contribution in [1.82, 2.24) is 4.90 Å². The van der Waals surface area contributed by atoms with Gasteiger partial charge in [-0.1, -0.05) is 54.1 Å². The number of nitrogens with zero attached hydrogens (tertiary/aromatic N) is 2. The maximum absolute atomic E-state index is 13.2. The van der Waals surface area contributed by atoms with Gasteiger partial charge in [-0.2, -0.15) is 0 Å². The summed E-state index contributed by atoms with van der Waals surface area (Å²) in [6.07, 6.45) is 1.74. The number of nitrogens with two attached hydrogens (primary N) is 1. The molecule has 0 spiro atoms. The molecule has 3 N–H and O–H groups in total. The molecular formula is C27H29ClN4O2. The summed E-state index contributed by atoms with van der Waals surface area (Å²) in [5.41, 5.74) is 9.25. The van der Waals surface area contributed by atoms with E-state index in [9.17, 15) is 4.79 Å². The Morgan fingerprint density at radius 1 is 1.06 bits per heavy atom. The van der Waals surface area contributed by atoms with Gasteiger partial charge in [0.15, 0.2) is 5.96 Å². The fraction of sp³-hybridized carbons (Fsp3) is 0.333. The first-order valence-electron chi connectivity index (χ1n) is 11.7. The number of carbonyl (C=O) groups excluding carboxylic acids is 1. The lowest BCUT2D eigenvalue weighted by molar-refractivity contribution is -0.132. The number of guanidine groups is 1. The molecule has 0 saturated carbocycles. The van der Waals surface area contributed by atoms with E-state index in [1.807, 2.05) is 37.3 Å². The van der Waals surface area contributed by atoms with E-state index in [4.69, 9.17) is 27.1 Å². The molecule has 34 heavy (non-hydrogen) atoms. The Morgan fingerprint density at radius 3 is 2.53 bits per heavy atom. The molecule has 7 heteroatoms. The van der Waals surface area contributed by atoms with Crippen LogP contribution in [0, 0.1) is 6.92 Å². The predicted octanol–water partition coefficient (Wildman–Crippen LogP) is 5.49. The largest absolute Gasteiger partial charge is 0.381 e. The summed E-state index contributed by atoms with van der Waals surface area (Å²) in [6.45, 7) is 5.29. The molecule has 2 aliphatic rings. The number of amides is 1. The Bertz CT molecular complexity index is 1280. The lowest BCUT2D eigenvalue weighted by Gasteiger charge is -2.40. The van der Waals surface area contributed by atoms with Gasteiger partial charge >= 0.3 is 0 Å². The van der Waals surface area contributed by atoms with Crippen molar-refractivity contribution >= 4 is 45.6 Å². The van der Waals surface area contributed by atoms with Gasteiger partial charge in [0.2, 0.25) is 5.91 Å². The Morgan fingerprint density at radius 2 is 1.79 bits per heavy atom. The smallest absolute Gasteiger partial charge is 0.232 e. The summed E-state index contributed by atoms with van der Waals surface area (Å²) < 4.78 is 5.44. The van der Waals surface area contributed by atoms with Crippen LogP contribution in [0.4, 0.5) is 11.4 Å². The molecule has 1 saturated heterocycles. The van der Waals surface area contributed by atoms with Crippen molar-refractivity contribution < 1.29 is 9.53 Å². The quantitative estimate of drug-likeness (QED) is 0.522. The second-order valence-electron chi connectivity index (χ2n) is 9.30. The zero-order valence-corrected chi connectivity index (χ0v) is 20.2. The first kappa shape index (κ1) is 22.7. The molecule has 1 atom stereocenters. The van der Waals surface area contributed by atoms with Gasteiger partial charge in [0.25, 0.3) is 0 Å². The number of nitrogens with one attached hydrogen (secondary N) is 1. The van der Waals surface area contributed by atoms with Crippen molar-refractivity contribution in [3.05, 3.63) is 70.7 Å². The fourth-order valence-electron chi connectivity index (χ4n) is 5.09. The highest BCUT2D eigenvalue weighted by atomic mass is 35.5. The molecule has 0 aliphatic carbocycles. The number of benzene rings is 3. The van der Waals surface area contributed by atoms with E-state index in [0.29, 0.717) is 18.2 Å². The molecule has 176 valence electrons. The zero-order valence-electron chi connectivity index (χ0n) is 19.5. The topological polar surface area (TPSA) is 80.0 Å². The van der Waals surface area contributed by atoms with Crippen LogP contribution in [0.15, 0.2) is 59.6 Å². The van der Waals surface area contributed by atoms with Crippen LogP contribution in [0.5, 0.6) is 0 Å². The third-order valence-electron chi connectivity index (χ3n) is 6.92. The number of ether oxygens (including phenoxy) is 1. The predicted molar refractivity (Wildman–Crippen MR) is 138 cm³/mol. The summed E-state index contributed by atoms with van der Waals surface area (Å²) in [4.78, 5) is 19.7. The van der Waals surface area contributed by atoms with Crippen LogP contribution < -0.4 is 11.1 Å². The Labute approximate surface area is 204 Å². The minimum Gasteiger partial charge on any atom is -0.381 e. The molecule has 0 radical (unpaired) electrons. The number of hydrogen-bond donors (Lipinski definition) is 2. The number of halogens is 1. The normalized spacial score (nSPS) is 21.6. The van der Waals surface area contributed by atoms with Crippen LogP contribution in [-0.4, -0.2) is 36.0 Å². The van der Waals surface area contributed by atoms with Crippen molar-refractivity contribution in [2.45, 2.75) is 44.7 Å². The summed E-state index contributed by atoms with van der Waals surface area (Å²) in [5.74, 6) is 0.227. The Balaban J connectivity index is 1.49. The molecule has 6 nitrogen and oxygen atoms in total. The summed E-state index contributed by atoms with van der Waals surface area (Å²) in [7, 11) is 0. The second kappa shape index (κ2) is 8.93. The van der Waals surface area contributed by atoms with Gasteiger partial charge < -0.3 is 15.8 Å². The third-order valence-corrected chi connectivity index (χ3v) is 7.33. The van der Waals surface area contributed by atoms with E-state index in [0.717, 1.165) is 35.2 Å². The number of rotatable bonds is 4. The second-order valence-corrected chi connectivity index (χ2v) is 9.67. The molecule has 0 aromatic heterocycles. The molecule has 5 rings (SSSR count). The maximum Gasteiger partial charge on any atom is 0.232 e. The van der Waals surface area contributed by atoms with Crippen LogP contribution in [0.2, 0.25) is 5.02 Å². The molecule has 1 fully saturated rings. The first-order chi connectivity index (χ1) is 16.4. The standard InChI is InChI=1S/C27H29ClN4O2/c1-17-10-11-22(20-7-4-3-6-19(17)20)30-23-9-5-8-21(25(23)28)27(2)16-24(33)32(26(29)31-27)18-12-14-34-15-13-18/h3-11,18,30H,12-16H2,1-2H3,(H2,29,31)/t27-/m0/s1. The van der Waals surface area contributed by atoms with E-state index >= 15 is 0 Å². The van der Waals surface area contributed by atoms with Gasteiger partial charge in [-0.25, -0.2) is 4.99 Å². The average molecular weight is 477 g/mol. The molecule has 1 amide bonds. The van der Waals surface area contributed by atoms with Crippen LogP contribution in [-0.2, 0) is 15.1 Å². The Kier molecular flexibility index (Phi) is 5.96. The van der Waals surface area contributed by atoms with Gasteiger partial charge in [-0.05, 0) is 49.8 Å². The number of hydrogen-bond acceptors (Lipinski definition) is 5. The zero-order chi connectivity index (χ0) is 23.9. The molecule has 3 aromatic carbocycles. The highest BCUT2D eigenvalue weighted by Crippen LogP contribution is 2.42. The van der Waals surface area contributed by atoms with Crippen LogP contribution in [0.1, 0.15) is 37.3 Å². The van der Waals surface area contributed by atoms with Gasteiger partial charge in [0, 0.05) is 35.9 Å². The highest BCUT2D eigenvalue weighted by Gasteiger charge is 2.41. The van der Waals surface area contributed by atoms with Gasteiger partial charge in [0.1, 0.15) is 0 Å². The van der Waals surface area contributed by atoms with Gasteiger partial charge in [-0.3, -0.25) is 9.69 Å². The SMILES string of the molecule is Cc1ccc(Nc2cccc([C@]3(C)CC(=O)N(C4CCOCC4)C(N)=N3)c2Cl)c2ccccc12. The van der Waals surface area contributed by atoms with E-state index in [-0.39, 0.29) is 24.3 Å². The van der Waals surface area contributed by atoms with Crippen molar-refractivity contribution in [2.75, 3.05) is 18.5 Å². The minimum absolute atomic E-state index is 0.0270. The highest BCUT2D eigenvalue weighted by molar-refractivity contribution is 6.34. The number of carbonyl (C=O) groups is 1. The number of anilines is 2. The fourth-order valence-corrected chi connectivity index (χ4v) is 5.47. The number of aliphatic imine (C=N–C) groups is 1. The summed E-state index contributed by atoms with van der Waals surface area (Å²) in [6, 6.07) is 18.3. The van der Waals surface area contributed by atoms with Crippen molar-refractivity contribution in [2.24, 2.45) is 10.7 Å². The van der Waals surface area contributed by atoms with Crippen molar-refractivity contribution in [1.29, 1.82) is 0 Å².